The molecule has 2 aromatic rings. The first-order chi connectivity index (χ1) is 14.0. The normalized spacial score (nSPS) is 20.4. The highest BCUT2D eigenvalue weighted by Crippen LogP contribution is 2.27. The second-order valence-corrected chi connectivity index (χ2v) is 7.52. The second-order valence-electron chi connectivity index (χ2n) is 7.52. The van der Waals surface area contributed by atoms with Gasteiger partial charge in [0.1, 0.15) is 11.6 Å². The number of aryl methyl sites for hydroxylation is 1. The molecule has 0 aromatic carbocycles. The lowest BCUT2D eigenvalue weighted by Crippen LogP contribution is -2.36. The Labute approximate surface area is 171 Å². The third-order valence-electron chi connectivity index (χ3n) is 5.06. The van der Waals surface area contributed by atoms with Gasteiger partial charge in [-0.05, 0) is 52.5 Å². The van der Waals surface area contributed by atoms with E-state index in [-0.39, 0.29) is 24.2 Å². The van der Waals surface area contributed by atoms with E-state index in [1.54, 1.807) is 0 Å². The highest BCUT2D eigenvalue weighted by Gasteiger charge is 2.24. The predicted molar refractivity (Wildman–Crippen MR) is 110 cm³/mol. The van der Waals surface area contributed by atoms with Crippen molar-refractivity contribution in [1.29, 1.82) is 0 Å². The minimum Gasteiger partial charge on any atom is -0.474 e. The van der Waals surface area contributed by atoms with Gasteiger partial charge in [0.25, 0.3) is 6.01 Å². The van der Waals surface area contributed by atoms with E-state index in [0.29, 0.717) is 25.1 Å². The zero-order valence-electron chi connectivity index (χ0n) is 17.8. The van der Waals surface area contributed by atoms with Crippen molar-refractivity contribution in [3.05, 3.63) is 12.1 Å². The van der Waals surface area contributed by atoms with E-state index >= 15 is 0 Å². The molecular weight excluding hydrogens is 372 g/mol. The average Bonchev–Trinajstić information content (AvgIpc) is 3.03. The molecule has 29 heavy (non-hydrogen) atoms. The number of imidazole rings is 1. The van der Waals surface area contributed by atoms with Gasteiger partial charge in [-0.1, -0.05) is 0 Å². The largest absolute Gasteiger partial charge is 0.474 e. The lowest BCUT2D eigenvalue weighted by Gasteiger charge is -2.29. The molecular formula is C21H32N4O4. The van der Waals surface area contributed by atoms with Crippen molar-refractivity contribution >= 4 is 17.1 Å². The zero-order valence-corrected chi connectivity index (χ0v) is 17.8. The standard InChI is InChI=1S/C21H32N4O4/c1-5-25-20-18(23-21(25)27-6-2)11-12-19(24-20)29-17-9-7-16(8-10-17)28-13-14(3)22-15(4)26/h11-12,14,16-17H,5-10,13H2,1-4H3,(H,22,26)/t14-,16?,17?/m0/s1. The Kier molecular flexibility index (Phi) is 7.30. The molecule has 0 aliphatic heterocycles. The number of ether oxygens (including phenoxy) is 3. The quantitative estimate of drug-likeness (QED) is 0.691. The maximum Gasteiger partial charge on any atom is 0.298 e. The average molecular weight is 405 g/mol. The van der Waals surface area contributed by atoms with Crippen LogP contribution in [0.2, 0.25) is 0 Å². The maximum atomic E-state index is 11.1. The fourth-order valence-electron chi connectivity index (χ4n) is 3.71. The highest BCUT2D eigenvalue weighted by molar-refractivity contribution is 5.73. The maximum absolute atomic E-state index is 11.1. The van der Waals surface area contributed by atoms with Gasteiger partial charge in [0, 0.05) is 25.6 Å². The van der Waals surface area contributed by atoms with Gasteiger partial charge in [-0.15, -0.1) is 0 Å². The van der Waals surface area contributed by atoms with Crippen LogP contribution in [-0.2, 0) is 16.1 Å². The number of hydrogen-bond acceptors (Lipinski definition) is 6. The molecule has 1 fully saturated rings. The second kappa shape index (κ2) is 9.91. The van der Waals surface area contributed by atoms with Crippen LogP contribution in [0, 0.1) is 0 Å². The molecule has 1 aliphatic carbocycles. The molecule has 0 bridgehead atoms. The summed E-state index contributed by atoms with van der Waals surface area (Å²) in [6, 6.07) is 4.44. The van der Waals surface area contributed by atoms with E-state index in [1.165, 1.54) is 6.92 Å². The summed E-state index contributed by atoms with van der Waals surface area (Å²) in [5.74, 6) is 0.597. The van der Waals surface area contributed by atoms with E-state index in [9.17, 15) is 4.79 Å². The first kappa shape index (κ1) is 21.4. The van der Waals surface area contributed by atoms with Crippen LogP contribution in [0.4, 0.5) is 0 Å². The highest BCUT2D eigenvalue weighted by atomic mass is 16.5. The van der Waals surface area contributed by atoms with Gasteiger partial charge < -0.3 is 19.5 Å². The molecule has 3 rings (SSSR count). The third kappa shape index (κ3) is 5.59. The van der Waals surface area contributed by atoms with Crippen molar-refractivity contribution in [2.24, 2.45) is 0 Å². The minimum atomic E-state index is -0.0273. The summed E-state index contributed by atoms with van der Waals surface area (Å²) >= 11 is 0. The molecule has 1 N–H and O–H groups in total. The number of carbonyl (C=O) groups excluding carboxylic acids is 1. The fourth-order valence-corrected chi connectivity index (χ4v) is 3.71. The number of hydrogen-bond donors (Lipinski definition) is 1. The molecule has 2 heterocycles. The number of fused-ring (bicyclic) bond motifs is 1. The van der Waals surface area contributed by atoms with E-state index in [1.807, 2.05) is 37.5 Å². The molecule has 1 atom stereocenters. The summed E-state index contributed by atoms with van der Waals surface area (Å²) in [7, 11) is 0. The summed E-state index contributed by atoms with van der Waals surface area (Å²) in [4.78, 5) is 20.3. The van der Waals surface area contributed by atoms with Crippen LogP contribution in [0.25, 0.3) is 11.2 Å². The number of amides is 1. The van der Waals surface area contributed by atoms with Gasteiger partial charge in [0.05, 0.1) is 19.3 Å². The number of nitrogens with zero attached hydrogens (tertiary/aromatic N) is 3. The van der Waals surface area contributed by atoms with Crippen molar-refractivity contribution in [1.82, 2.24) is 19.9 Å². The number of pyridine rings is 1. The van der Waals surface area contributed by atoms with Crippen molar-refractivity contribution in [2.75, 3.05) is 13.2 Å². The summed E-state index contributed by atoms with van der Waals surface area (Å²) in [6.07, 6.45) is 4.10. The van der Waals surface area contributed by atoms with Crippen LogP contribution in [0.15, 0.2) is 12.1 Å². The van der Waals surface area contributed by atoms with E-state index in [2.05, 4.69) is 15.3 Å². The van der Waals surface area contributed by atoms with Gasteiger partial charge in [0.2, 0.25) is 11.8 Å². The summed E-state index contributed by atoms with van der Waals surface area (Å²) in [5, 5.41) is 2.84. The SMILES string of the molecule is CCOc1nc2ccc(OC3CCC(OC[C@H](C)NC(C)=O)CC3)nc2n1CC. The summed E-state index contributed by atoms with van der Waals surface area (Å²) in [5.41, 5.74) is 1.60. The smallest absolute Gasteiger partial charge is 0.298 e. The Hall–Kier alpha value is -2.35. The molecule has 0 unspecified atom stereocenters. The topological polar surface area (TPSA) is 87.5 Å². The lowest BCUT2D eigenvalue weighted by atomic mass is 9.95. The number of carbonyl (C=O) groups is 1. The van der Waals surface area contributed by atoms with Crippen molar-refractivity contribution in [3.8, 4) is 11.9 Å². The monoisotopic (exact) mass is 404 g/mol. The van der Waals surface area contributed by atoms with Crippen LogP contribution in [0.3, 0.4) is 0 Å². The molecule has 1 saturated carbocycles. The Bertz CT molecular complexity index is 814. The molecule has 8 nitrogen and oxygen atoms in total. The third-order valence-corrected chi connectivity index (χ3v) is 5.06. The van der Waals surface area contributed by atoms with Crippen molar-refractivity contribution < 1.29 is 19.0 Å². The Morgan fingerprint density at radius 1 is 1.21 bits per heavy atom. The number of nitrogens with one attached hydrogen (secondary N) is 1. The Balaban J connectivity index is 1.53. The van der Waals surface area contributed by atoms with Gasteiger partial charge in [-0.3, -0.25) is 9.36 Å². The summed E-state index contributed by atoms with van der Waals surface area (Å²) in [6.45, 7) is 9.32. The number of aromatic nitrogens is 3. The molecule has 160 valence electrons. The minimum absolute atomic E-state index is 0.0273. The Morgan fingerprint density at radius 3 is 2.59 bits per heavy atom. The molecule has 0 radical (unpaired) electrons. The van der Waals surface area contributed by atoms with Gasteiger partial charge >= 0.3 is 0 Å². The van der Waals surface area contributed by atoms with Gasteiger partial charge in [-0.2, -0.15) is 9.97 Å². The van der Waals surface area contributed by atoms with Crippen LogP contribution in [0.1, 0.15) is 53.4 Å². The molecule has 1 amide bonds. The molecule has 0 spiro atoms. The molecule has 1 aliphatic rings. The molecule has 0 saturated heterocycles. The van der Waals surface area contributed by atoms with E-state index < -0.39 is 0 Å². The van der Waals surface area contributed by atoms with Crippen LogP contribution < -0.4 is 14.8 Å². The molecule has 2 aromatic heterocycles. The predicted octanol–water partition coefficient (Wildman–Crippen LogP) is 3.08. The first-order valence-electron chi connectivity index (χ1n) is 10.6. The zero-order chi connectivity index (χ0) is 20.8. The van der Waals surface area contributed by atoms with E-state index in [0.717, 1.165) is 43.4 Å². The van der Waals surface area contributed by atoms with Crippen LogP contribution >= 0.6 is 0 Å². The number of rotatable bonds is 9. The first-order valence-corrected chi connectivity index (χ1v) is 10.6. The van der Waals surface area contributed by atoms with Crippen LogP contribution in [0.5, 0.6) is 11.9 Å². The van der Waals surface area contributed by atoms with Crippen molar-refractivity contribution in [2.45, 2.75) is 78.2 Å². The lowest BCUT2D eigenvalue weighted by molar-refractivity contribution is -0.120. The van der Waals surface area contributed by atoms with Gasteiger partial charge in [-0.25, -0.2) is 0 Å². The van der Waals surface area contributed by atoms with Crippen LogP contribution in [-0.4, -0.2) is 51.9 Å². The van der Waals surface area contributed by atoms with Gasteiger partial charge in [0.15, 0.2) is 5.65 Å². The summed E-state index contributed by atoms with van der Waals surface area (Å²) < 4.78 is 19.7. The fraction of sp³-hybridized carbons (Fsp3) is 0.667. The van der Waals surface area contributed by atoms with Crippen molar-refractivity contribution in [3.63, 3.8) is 0 Å². The Morgan fingerprint density at radius 2 is 1.93 bits per heavy atom. The molecule has 8 heteroatoms. The van der Waals surface area contributed by atoms with E-state index in [4.69, 9.17) is 14.2 Å².